The van der Waals surface area contributed by atoms with Crippen molar-refractivity contribution in [1.82, 2.24) is 4.90 Å². The van der Waals surface area contributed by atoms with E-state index in [0.717, 1.165) is 45.2 Å². The van der Waals surface area contributed by atoms with Crippen LogP contribution in [0.15, 0.2) is 0 Å². The Labute approximate surface area is 116 Å². The zero-order valence-electron chi connectivity index (χ0n) is 12.2. The van der Waals surface area contributed by atoms with Crippen molar-refractivity contribution in [3.05, 3.63) is 0 Å². The van der Waals surface area contributed by atoms with Crippen LogP contribution in [-0.4, -0.2) is 48.3 Å². The highest BCUT2D eigenvalue weighted by molar-refractivity contribution is 5.74. The molecule has 0 amide bonds. The fraction of sp³-hybridized carbons (Fsp3) is 0.933. The number of ether oxygens (including phenoxy) is 1. The fourth-order valence-electron chi connectivity index (χ4n) is 3.68. The molecule has 4 nitrogen and oxygen atoms in total. The van der Waals surface area contributed by atoms with Gasteiger partial charge in [0.2, 0.25) is 0 Å². The lowest BCUT2D eigenvalue weighted by Crippen LogP contribution is -2.49. The molecule has 0 unspecified atom stereocenters. The predicted molar refractivity (Wildman–Crippen MR) is 74.2 cm³/mol. The van der Waals surface area contributed by atoms with E-state index in [1.165, 1.54) is 12.8 Å². The molecule has 2 aliphatic rings. The summed E-state index contributed by atoms with van der Waals surface area (Å²) in [5.41, 5.74) is -0.458. The molecule has 0 radical (unpaired) electrons. The molecule has 110 valence electrons. The predicted octanol–water partition coefficient (Wildman–Crippen LogP) is 2.52. The van der Waals surface area contributed by atoms with Crippen LogP contribution in [0.5, 0.6) is 0 Å². The summed E-state index contributed by atoms with van der Waals surface area (Å²) in [5, 5.41) is 9.42. The number of rotatable bonds is 4. The van der Waals surface area contributed by atoms with Crippen LogP contribution in [0.25, 0.3) is 0 Å². The Hall–Kier alpha value is -0.610. The number of methoxy groups -OCH3 is 1. The SMILES string of the molecule is CCC1(C(=O)O)CCN(C2CCC(OC)CC2)CC1. The van der Waals surface area contributed by atoms with E-state index in [0.29, 0.717) is 12.1 Å². The number of likely N-dealkylation sites (tertiary alicyclic amines) is 1. The van der Waals surface area contributed by atoms with Gasteiger partial charge in [-0.1, -0.05) is 6.92 Å². The van der Waals surface area contributed by atoms with E-state index in [4.69, 9.17) is 4.74 Å². The van der Waals surface area contributed by atoms with Crippen molar-refractivity contribution < 1.29 is 14.6 Å². The number of hydrogen-bond donors (Lipinski definition) is 1. The normalized spacial score (nSPS) is 32.1. The molecule has 0 aromatic carbocycles. The maximum atomic E-state index is 11.4. The first-order chi connectivity index (χ1) is 9.11. The Kier molecular flexibility index (Phi) is 4.85. The van der Waals surface area contributed by atoms with Crippen molar-refractivity contribution in [1.29, 1.82) is 0 Å². The highest BCUT2D eigenvalue weighted by atomic mass is 16.5. The average Bonchev–Trinajstić information content (AvgIpc) is 2.47. The molecule has 0 atom stereocenters. The molecule has 0 spiro atoms. The van der Waals surface area contributed by atoms with E-state index < -0.39 is 11.4 Å². The first-order valence-corrected chi connectivity index (χ1v) is 7.61. The summed E-state index contributed by atoms with van der Waals surface area (Å²) >= 11 is 0. The number of carboxylic acid groups (broad SMARTS) is 1. The van der Waals surface area contributed by atoms with Crippen LogP contribution < -0.4 is 0 Å². The summed E-state index contributed by atoms with van der Waals surface area (Å²) < 4.78 is 5.41. The number of nitrogens with zero attached hydrogens (tertiary/aromatic N) is 1. The largest absolute Gasteiger partial charge is 0.481 e. The van der Waals surface area contributed by atoms with Crippen molar-refractivity contribution >= 4 is 5.97 Å². The quantitative estimate of drug-likeness (QED) is 0.852. The molecular weight excluding hydrogens is 242 g/mol. The minimum Gasteiger partial charge on any atom is -0.481 e. The van der Waals surface area contributed by atoms with E-state index in [1.807, 2.05) is 6.92 Å². The molecule has 4 heteroatoms. The Bertz CT molecular complexity index is 303. The molecule has 1 saturated heterocycles. The van der Waals surface area contributed by atoms with Gasteiger partial charge >= 0.3 is 5.97 Å². The molecule has 1 aliphatic carbocycles. The third kappa shape index (κ3) is 3.11. The van der Waals surface area contributed by atoms with Crippen LogP contribution in [0.4, 0.5) is 0 Å². The van der Waals surface area contributed by atoms with Crippen LogP contribution in [0.3, 0.4) is 0 Å². The van der Waals surface area contributed by atoms with E-state index in [2.05, 4.69) is 4.90 Å². The lowest BCUT2D eigenvalue weighted by Gasteiger charge is -2.43. The fourth-order valence-corrected chi connectivity index (χ4v) is 3.68. The van der Waals surface area contributed by atoms with Crippen molar-refractivity contribution in [2.24, 2.45) is 5.41 Å². The van der Waals surface area contributed by atoms with E-state index in [1.54, 1.807) is 7.11 Å². The van der Waals surface area contributed by atoms with Crippen molar-refractivity contribution in [2.75, 3.05) is 20.2 Å². The molecular formula is C15H27NO3. The van der Waals surface area contributed by atoms with E-state index in [-0.39, 0.29) is 0 Å². The second-order valence-corrected chi connectivity index (χ2v) is 6.14. The summed E-state index contributed by atoms with van der Waals surface area (Å²) in [6.45, 7) is 3.90. The molecule has 1 aliphatic heterocycles. The number of carbonyl (C=O) groups is 1. The molecule has 1 N–H and O–H groups in total. The number of carboxylic acids is 1. The van der Waals surface area contributed by atoms with Crippen molar-refractivity contribution in [3.63, 3.8) is 0 Å². The minimum absolute atomic E-state index is 0.440. The Balaban J connectivity index is 1.85. The standard InChI is InChI=1S/C15H27NO3/c1-3-15(14(17)18)8-10-16(11-9-15)12-4-6-13(19-2)7-5-12/h12-13H,3-11H2,1-2H3,(H,17,18). The molecule has 2 rings (SSSR count). The molecule has 19 heavy (non-hydrogen) atoms. The monoisotopic (exact) mass is 269 g/mol. The van der Waals surface area contributed by atoms with Crippen molar-refractivity contribution in [2.45, 2.75) is 64.0 Å². The van der Waals surface area contributed by atoms with Gasteiger partial charge in [0.15, 0.2) is 0 Å². The third-order valence-corrected chi connectivity index (χ3v) is 5.38. The second kappa shape index (κ2) is 6.23. The van der Waals surface area contributed by atoms with Gasteiger partial charge in [0.05, 0.1) is 11.5 Å². The first kappa shape index (κ1) is 14.8. The molecule has 1 heterocycles. The number of hydrogen-bond acceptors (Lipinski definition) is 3. The van der Waals surface area contributed by atoms with Gasteiger partial charge in [-0.2, -0.15) is 0 Å². The highest BCUT2D eigenvalue weighted by Gasteiger charge is 2.41. The van der Waals surface area contributed by atoms with Gasteiger partial charge in [-0.25, -0.2) is 0 Å². The number of piperidine rings is 1. The van der Waals surface area contributed by atoms with Crippen LogP contribution >= 0.6 is 0 Å². The van der Waals surface area contributed by atoms with Gasteiger partial charge in [-0.05, 0) is 58.0 Å². The molecule has 0 bridgehead atoms. The summed E-state index contributed by atoms with van der Waals surface area (Å²) in [4.78, 5) is 14.0. The van der Waals surface area contributed by atoms with Crippen molar-refractivity contribution in [3.8, 4) is 0 Å². The summed E-state index contributed by atoms with van der Waals surface area (Å²) in [5.74, 6) is -0.599. The Morgan fingerprint density at radius 2 is 1.84 bits per heavy atom. The maximum absolute atomic E-state index is 11.4. The number of aliphatic carboxylic acids is 1. The summed E-state index contributed by atoms with van der Waals surface area (Å²) in [6.07, 6.45) is 7.51. The first-order valence-electron chi connectivity index (χ1n) is 7.61. The van der Waals surface area contributed by atoms with E-state index in [9.17, 15) is 9.90 Å². The Morgan fingerprint density at radius 3 is 2.26 bits per heavy atom. The minimum atomic E-state index is -0.599. The van der Waals surface area contributed by atoms with Gasteiger partial charge < -0.3 is 14.7 Å². The zero-order valence-corrected chi connectivity index (χ0v) is 12.2. The average molecular weight is 269 g/mol. The molecule has 1 saturated carbocycles. The Morgan fingerprint density at radius 1 is 1.26 bits per heavy atom. The van der Waals surface area contributed by atoms with Gasteiger partial charge in [0.1, 0.15) is 0 Å². The van der Waals surface area contributed by atoms with Gasteiger partial charge in [-0.3, -0.25) is 4.79 Å². The summed E-state index contributed by atoms with van der Waals surface area (Å²) in [7, 11) is 1.80. The van der Waals surface area contributed by atoms with Crippen LogP contribution in [0.1, 0.15) is 51.9 Å². The smallest absolute Gasteiger partial charge is 0.309 e. The lowest BCUT2D eigenvalue weighted by molar-refractivity contribution is -0.153. The zero-order chi connectivity index (χ0) is 13.9. The lowest BCUT2D eigenvalue weighted by atomic mass is 9.75. The molecule has 2 fully saturated rings. The molecule has 0 aromatic rings. The topological polar surface area (TPSA) is 49.8 Å². The van der Waals surface area contributed by atoms with Gasteiger partial charge in [0, 0.05) is 13.2 Å². The van der Waals surface area contributed by atoms with Crippen LogP contribution in [0, 0.1) is 5.41 Å². The van der Waals surface area contributed by atoms with E-state index >= 15 is 0 Å². The van der Waals surface area contributed by atoms with Crippen LogP contribution in [-0.2, 0) is 9.53 Å². The summed E-state index contributed by atoms with van der Waals surface area (Å²) in [6, 6.07) is 0.648. The second-order valence-electron chi connectivity index (χ2n) is 6.14. The highest BCUT2D eigenvalue weighted by Crippen LogP contribution is 2.37. The van der Waals surface area contributed by atoms with Gasteiger partial charge in [-0.15, -0.1) is 0 Å². The van der Waals surface area contributed by atoms with Crippen LogP contribution in [0.2, 0.25) is 0 Å². The molecule has 0 aromatic heterocycles. The van der Waals surface area contributed by atoms with Gasteiger partial charge in [0.25, 0.3) is 0 Å². The third-order valence-electron chi connectivity index (χ3n) is 5.38. The maximum Gasteiger partial charge on any atom is 0.309 e.